The van der Waals surface area contributed by atoms with Crippen LogP contribution in [0.5, 0.6) is 0 Å². The molecular weight excluding hydrogens is 393 g/mol. The predicted molar refractivity (Wildman–Crippen MR) is 99.5 cm³/mol. The third-order valence-electron chi connectivity index (χ3n) is 4.21. The second kappa shape index (κ2) is 9.29. The van der Waals surface area contributed by atoms with Gasteiger partial charge in [0.05, 0.1) is 6.54 Å². The van der Waals surface area contributed by atoms with Gasteiger partial charge in [0, 0.05) is 33.2 Å². The molecule has 1 aliphatic heterocycles. The molecule has 7 nitrogen and oxygen atoms in total. The number of aliphatic imine (C=N–C) groups is 1. The lowest BCUT2D eigenvalue weighted by molar-refractivity contribution is 0.223. The van der Waals surface area contributed by atoms with Gasteiger partial charge in [-0.15, -0.1) is 24.0 Å². The molecule has 1 aliphatic rings. The zero-order valence-corrected chi connectivity index (χ0v) is 16.3. The van der Waals surface area contributed by atoms with E-state index in [2.05, 4.69) is 44.0 Å². The van der Waals surface area contributed by atoms with Crippen LogP contribution in [0.3, 0.4) is 0 Å². The van der Waals surface area contributed by atoms with Crippen molar-refractivity contribution in [3.05, 3.63) is 12.2 Å². The molecule has 0 spiro atoms. The summed E-state index contributed by atoms with van der Waals surface area (Å²) in [6.45, 7) is 9.43. The zero-order chi connectivity index (χ0) is 15.2. The van der Waals surface area contributed by atoms with Crippen molar-refractivity contribution in [1.82, 2.24) is 29.9 Å². The molecule has 2 heterocycles. The zero-order valence-electron chi connectivity index (χ0n) is 14.0. The number of aromatic nitrogens is 3. The number of rotatable bonds is 5. The van der Waals surface area contributed by atoms with Crippen molar-refractivity contribution in [2.24, 2.45) is 12.0 Å². The van der Waals surface area contributed by atoms with Gasteiger partial charge in [-0.2, -0.15) is 5.10 Å². The van der Waals surface area contributed by atoms with Gasteiger partial charge >= 0.3 is 0 Å². The monoisotopic (exact) mass is 421 g/mol. The summed E-state index contributed by atoms with van der Waals surface area (Å²) >= 11 is 0. The van der Waals surface area contributed by atoms with Crippen LogP contribution in [-0.4, -0.2) is 69.8 Å². The number of nitrogens with one attached hydrogen (secondary N) is 1. The largest absolute Gasteiger partial charge is 0.349 e. The van der Waals surface area contributed by atoms with Gasteiger partial charge in [0.1, 0.15) is 12.2 Å². The smallest absolute Gasteiger partial charge is 0.194 e. The number of guanidine groups is 1. The fraction of sp³-hybridized carbons (Fsp3) is 0.786. The standard InChI is InChI=1S/C14H27N7.HI/c1-5-20(6-2)12-7-8-21(10-12)14(15-3)16-9-13-17-11-18-19(13)4;/h11-12H,5-10H2,1-4H3,(H,15,16);1H. The molecule has 0 aliphatic carbocycles. The predicted octanol–water partition coefficient (Wildman–Crippen LogP) is 0.925. The number of likely N-dealkylation sites (N-methyl/N-ethyl adjacent to an activating group) is 1. The highest BCUT2D eigenvalue weighted by molar-refractivity contribution is 14.0. The number of likely N-dealkylation sites (tertiary alicyclic amines) is 1. The third kappa shape index (κ3) is 4.55. The van der Waals surface area contributed by atoms with E-state index in [9.17, 15) is 0 Å². The molecule has 1 N–H and O–H groups in total. The van der Waals surface area contributed by atoms with Crippen molar-refractivity contribution >= 4 is 29.9 Å². The highest BCUT2D eigenvalue weighted by Crippen LogP contribution is 2.15. The Morgan fingerprint density at radius 3 is 2.73 bits per heavy atom. The van der Waals surface area contributed by atoms with Crippen LogP contribution < -0.4 is 5.32 Å². The van der Waals surface area contributed by atoms with E-state index >= 15 is 0 Å². The molecule has 0 amide bonds. The molecular formula is C14H28IN7. The van der Waals surface area contributed by atoms with Crippen LogP contribution >= 0.6 is 24.0 Å². The Hall–Kier alpha value is -0.900. The van der Waals surface area contributed by atoms with Gasteiger partial charge in [-0.05, 0) is 19.5 Å². The molecule has 0 radical (unpaired) electrons. The van der Waals surface area contributed by atoms with Crippen LogP contribution in [0.15, 0.2) is 11.3 Å². The average Bonchev–Trinajstić information content (AvgIpc) is 3.11. The number of aryl methyl sites for hydroxylation is 1. The lowest BCUT2D eigenvalue weighted by atomic mass is 10.2. The average molecular weight is 421 g/mol. The fourth-order valence-corrected chi connectivity index (χ4v) is 2.94. The van der Waals surface area contributed by atoms with Gasteiger partial charge in [-0.1, -0.05) is 13.8 Å². The molecule has 1 atom stereocenters. The first-order valence-electron chi connectivity index (χ1n) is 7.72. The Labute approximate surface area is 150 Å². The van der Waals surface area contributed by atoms with E-state index in [-0.39, 0.29) is 24.0 Å². The van der Waals surface area contributed by atoms with E-state index in [1.807, 2.05) is 14.1 Å². The van der Waals surface area contributed by atoms with Crippen molar-refractivity contribution in [1.29, 1.82) is 0 Å². The molecule has 0 bridgehead atoms. The molecule has 1 saturated heterocycles. The molecule has 0 aromatic carbocycles. The Morgan fingerprint density at radius 2 is 2.18 bits per heavy atom. The Morgan fingerprint density at radius 1 is 1.45 bits per heavy atom. The maximum absolute atomic E-state index is 4.40. The summed E-state index contributed by atoms with van der Waals surface area (Å²) in [7, 11) is 3.74. The molecule has 126 valence electrons. The summed E-state index contributed by atoms with van der Waals surface area (Å²) in [6.07, 6.45) is 2.78. The van der Waals surface area contributed by atoms with E-state index in [4.69, 9.17) is 0 Å². The summed E-state index contributed by atoms with van der Waals surface area (Å²) in [6, 6.07) is 0.633. The third-order valence-corrected chi connectivity index (χ3v) is 4.21. The van der Waals surface area contributed by atoms with Crippen molar-refractivity contribution < 1.29 is 0 Å². The maximum Gasteiger partial charge on any atom is 0.194 e. The van der Waals surface area contributed by atoms with Crippen molar-refractivity contribution in [3.8, 4) is 0 Å². The lowest BCUT2D eigenvalue weighted by Gasteiger charge is -2.27. The van der Waals surface area contributed by atoms with Crippen LogP contribution in [0.2, 0.25) is 0 Å². The van der Waals surface area contributed by atoms with E-state index < -0.39 is 0 Å². The van der Waals surface area contributed by atoms with Crippen molar-refractivity contribution in [2.45, 2.75) is 32.9 Å². The lowest BCUT2D eigenvalue weighted by Crippen LogP contribution is -2.43. The second-order valence-corrected chi connectivity index (χ2v) is 5.31. The molecule has 1 aromatic rings. The number of hydrogen-bond acceptors (Lipinski definition) is 4. The molecule has 22 heavy (non-hydrogen) atoms. The summed E-state index contributed by atoms with van der Waals surface area (Å²) < 4.78 is 1.78. The first-order valence-corrected chi connectivity index (χ1v) is 7.72. The normalized spacial score (nSPS) is 18.7. The molecule has 1 aromatic heterocycles. The quantitative estimate of drug-likeness (QED) is 0.436. The van der Waals surface area contributed by atoms with Gasteiger partial charge in [0.15, 0.2) is 5.96 Å². The summed E-state index contributed by atoms with van der Waals surface area (Å²) in [4.78, 5) is 13.5. The summed E-state index contributed by atoms with van der Waals surface area (Å²) in [5.41, 5.74) is 0. The minimum Gasteiger partial charge on any atom is -0.349 e. The van der Waals surface area contributed by atoms with Crippen LogP contribution in [0.1, 0.15) is 26.1 Å². The van der Waals surface area contributed by atoms with E-state index in [0.717, 1.165) is 38.0 Å². The van der Waals surface area contributed by atoms with Crippen LogP contribution in [-0.2, 0) is 13.6 Å². The molecule has 1 fully saturated rings. The number of halogens is 1. The first kappa shape index (κ1) is 19.1. The molecule has 0 saturated carbocycles. The van der Waals surface area contributed by atoms with Crippen LogP contribution in [0.25, 0.3) is 0 Å². The van der Waals surface area contributed by atoms with E-state index in [1.165, 1.54) is 6.42 Å². The SMILES string of the molecule is CCN(CC)C1CCN(C(=NC)NCc2ncnn2C)C1.I. The van der Waals surface area contributed by atoms with E-state index in [0.29, 0.717) is 12.6 Å². The van der Waals surface area contributed by atoms with E-state index in [1.54, 1.807) is 11.0 Å². The highest BCUT2D eigenvalue weighted by Gasteiger charge is 2.27. The minimum atomic E-state index is 0. The second-order valence-electron chi connectivity index (χ2n) is 5.31. The van der Waals surface area contributed by atoms with Crippen LogP contribution in [0, 0.1) is 0 Å². The van der Waals surface area contributed by atoms with Gasteiger partial charge in [0.2, 0.25) is 0 Å². The number of hydrogen-bond donors (Lipinski definition) is 1. The van der Waals surface area contributed by atoms with Crippen LogP contribution in [0.4, 0.5) is 0 Å². The maximum atomic E-state index is 4.40. The molecule has 2 rings (SSSR count). The van der Waals surface area contributed by atoms with Gasteiger partial charge in [-0.25, -0.2) is 4.98 Å². The highest BCUT2D eigenvalue weighted by atomic mass is 127. The Bertz CT molecular complexity index is 470. The van der Waals surface area contributed by atoms with Gasteiger partial charge in [-0.3, -0.25) is 14.6 Å². The van der Waals surface area contributed by atoms with Crippen molar-refractivity contribution in [3.63, 3.8) is 0 Å². The topological polar surface area (TPSA) is 61.6 Å². The van der Waals surface area contributed by atoms with Gasteiger partial charge < -0.3 is 10.2 Å². The molecule has 1 unspecified atom stereocenters. The van der Waals surface area contributed by atoms with Gasteiger partial charge in [0.25, 0.3) is 0 Å². The Balaban J connectivity index is 0.00000242. The number of nitrogens with zero attached hydrogens (tertiary/aromatic N) is 6. The molecule has 8 heteroatoms. The Kier molecular flexibility index (Phi) is 8.08. The first-order chi connectivity index (χ1) is 10.2. The summed E-state index contributed by atoms with van der Waals surface area (Å²) in [5.74, 6) is 1.86. The van der Waals surface area contributed by atoms with Crippen molar-refractivity contribution in [2.75, 3.05) is 33.2 Å². The minimum absolute atomic E-state index is 0. The summed E-state index contributed by atoms with van der Waals surface area (Å²) in [5, 5.41) is 7.46. The fourth-order valence-electron chi connectivity index (χ4n) is 2.94.